The molecule has 0 saturated heterocycles. The summed E-state index contributed by atoms with van der Waals surface area (Å²) < 4.78 is 9.89. The summed E-state index contributed by atoms with van der Waals surface area (Å²) in [6, 6.07) is 0. The summed E-state index contributed by atoms with van der Waals surface area (Å²) in [5, 5.41) is 0. The van der Waals surface area contributed by atoms with E-state index in [-0.39, 0.29) is 18.8 Å². The second kappa shape index (κ2) is 9.14. The number of hydrogen-bond donors (Lipinski definition) is 0. The highest BCUT2D eigenvalue weighted by Gasteiger charge is 2.08. The van der Waals surface area contributed by atoms with E-state index in [1.807, 2.05) is 13.8 Å². The molecule has 0 heterocycles. The largest absolute Gasteiger partial charge is 0.462 e. The van der Waals surface area contributed by atoms with Crippen molar-refractivity contribution >= 4 is 11.9 Å². The molecule has 0 amide bonds. The fraction of sp³-hybridized carbons (Fsp3) is 0.467. The van der Waals surface area contributed by atoms with E-state index in [0.29, 0.717) is 12.8 Å². The van der Waals surface area contributed by atoms with Gasteiger partial charge in [-0.2, -0.15) is 0 Å². The Morgan fingerprint density at radius 2 is 1.42 bits per heavy atom. The summed E-state index contributed by atoms with van der Waals surface area (Å²) in [6.07, 6.45) is 2.37. The van der Waals surface area contributed by atoms with Crippen molar-refractivity contribution in [1.82, 2.24) is 0 Å². The monoisotopic (exact) mass is 266 g/mol. The Balaban J connectivity index is 4.08. The van der Waals surface area contributed by atoms with Gasteiger partial charge in [-0.1, -0.05) is 11.1 Å². The molecule has 0 aliphatic rings. The highest BCUT2D eigenvalue weighted by atomic mass is 16.5. The van der Waals surface area contributed by atoms with Crippen LogP contribution in [0, 0.1) is 0 Å². The van der Waals surface area contributed by atoms with Crippen molar-refractivity contribution in [1.29, 1.82) is 0 Å². The van der Waals surface area contributed by atoms with Crippen molar-refractivity contribution in [3.8, 4) is 0 Å². The van der Waals surface area contributed by atoms with Crippen LogP contribution in [0.4, 0.5) is 0 Å². The Kier molecular flexibility index (Phi) is 8.25. The van der Waals surface area contributed by atoms with Crippen LogP contribution in [-0.2, 0) is 19.1 Å². The van der Waals surface area contributed by atoms with Crippen molar-refractivity contribution in [2.75, 3.05) is 13.2 Å². The fourth-order valence-electron chi connectivity index (χ4n) is 1.04. The minimum absolute atomic E-state index is 0.224. The van der Waals surface area contributed by atoms with Crippen LogP contribution in [0.1, 0.15) is 33.6 Å². The number of ether oxygens (including phenoxy) is 2. The third-order valence-corrected chi connectivity index (χ3v) is 2.19. The molecule has 0 spiro atoms. The molecule has 0 aliphatic carbocycles. The zero-order valence-corrected chi connectivity index (χ0v) is 12.0. The topological polar surface area (TPSA) is 52.6 Å². The molecule has 19 heavy (non-hydrogen) atoms. The lowest BCUT2D eigenvalue weighted by atomic mass is 10.2. The Bertz CT molecular complexity index is 391. The van der Waals surface area contributed by atoms with Crippen LogP contribution in [0.15, 0.2) is 36.0 Å². The SMILES string of the molecule is C=C(C)CCOC(=O)/C=C(/C)C(=O)OCCC(=C)C. The van der Waals surface area contributed by atoms with Crippen LogP contribution in [0.2, 0.25) is 0 Å². The molecule has 106 valence electrons. The molecule has 0 fully saturated rings. The van der Waals surface area contributed by atoms with Crippen LogP contribution in [0.5, 0.6) is 0 Å². The van der Waals surface area contributed by atoms with Gasteiger partial charge in [0.1, 0.15) is 0 Å². The fourth-order valence-corrected chi connectivity index (χ4v) is 1.04. The molecule has 0 radical (unpaired) electrons. The van der Waals surface area contributed by atoms with Gasteiger partial charge in [0, 0.05) is 24.5 Å². The third-order valence-electron chi connectivity index (χ3n) is 2.19. The maximum absolute atomic E-state index is 11.5. The molecule has 0 bridgehead atoms. The molecule has 0 saturated carbocycles. The van der Waals surface area contributed by atoms with Gasteiger partial charge in [-0.25, -0.2) is 9.59 Å². The molecule has 0 atom stereocenters. The van der Waals surface area contributed by atoms with Gasteiger partial charge in [-0.15, -0.1) is 13.2 Å². The van der Waals surface area contributed by atoms with Crippen LogP contribution in [-0.4, -0.2) is 25.2 Å². The average Bonchev–Trinajstić information content (AvgIpc) is 2.27. The minimum Gasteiger partial charge on any atom is -0.462 e. The van der Waals surface area contributed by atoms with E-state index in [4.69, 9.17) is 9.47 Å². The zero-order valence-electron chi connectivity index (χ0n) is 12.0. The number of carbonyl (C=O) groups is 2. The average molecular weight is 266 g/mol. The molecule has 4 heteroatoms. The molecular formula is C15H22O4. The number of esters is 2. The van der Waals surface area contributed by atoms with Gasteiger partial charge < -0.3 is 9.47 Å². The van der Waals surface area contributed by atoms with Crippen molar-refractivity contribution in [2.24, 2.45) is 0 Å². The van der Waals surface area contributed by atoms with Gasteiger partial charge >= 0.3 is 11.9 Å². The predicted molar refractivity (Wildman–Crippen MR) is 74.5 cm³/mol. The number of carbonyl (C=O) groups excluding carboxylic acids is 2. The lowest BCUT2D eigenvalue weighted by Crippen LogP contribution is -2.10. The lowest BCUT2D eigenvalue weighted by Gasteiger charge is -2.05. The molecule has 0 unspecified atom stereocenters. The maximum atomic E-state index is 11.5. The van der Waals surface area contributed by atoms with Crippen molar-refractivity contribution in [3.05, 3.63) is 36.0 Å². The van der Waals surface area contributed by atoms with Crippen LogP contribution in [0.3, 0.4) is 0 Å². The van der Waals surface area contributed by atoms with Crippen LogP contribution >= 0.6 is 0 Å². The number of rotatable bonds is 8. The molecule has 0 rings (SSSR count). The van der Waals surface area contributed by atoms with E-state index >= 15 is 0 Å². The lowest BCUT2D eigenvalue weighted by molar-refractivity contribution is -0.141. The highest BCUT2D eigenvalue weighted by molar-refractivity contribution is 5.95. The second-order valence-corrected chi connectivity index (χ2v) is 4.54. The highest BCUT2D eigenvalue weighted by Crippen LogP contribution is 2.02. The van der Waals surface area contributed by atoms with Crippen LogP contribution < -0.4 is 0 Å². The van der Waals surface area contributed by atoms with E-state index in [0.717, 1.165) is 17.2 Å². The van der Waals surface area contributed by atoms with E-state index in [1.54, 1.807) is 0 Å². The Hall–Kier alpha value is -1.84. The second-order valence-electron chi connectivity index (χ2n) is 4.54. The molecule has 0 aromatic heterocycles. The minimum atomic E-state index is -0.546. The first-order valence-electron chi connectivity index (χ1n) is 6.14. The molecular weight excluding hydrogens is 244 g/mol. The van der Waals surface area contributed by atoms with Gasteiger partial charge in [-0.05, 0) is 20.8 Å². The summed E-state index contributed by atoms with van der Waals surface area (Å²) in [5.41, 5.74) is 2.10. The summed E-state index contributed by atoms with van der Waals surface area (Å²) in [6.45, 7) is 13.2. The first-order valence-corrected chi connectivity index (χ1v) is 6.14. The van der Waals surface area contributed by atoms with Gasteiger partial charge in [0.25, 0.3) is 0 Å². The smallest absolute Gasteiger partial charge is 0.333 e. The first-order chi connectivity index (χ1) is 8.82. The van der Waals surface area contributed by atoms with E-state index in [9.17, 15) is 9.59 Å². The Labute approximate surface area is 114 Å². The summed E-state index contributed by atoms with van der Waals surface area (Å²) >= 11 is 0. The molecule has 0 aromatic carbocycles. The molecule has 0 N–H and O–H groups in total. The first kappa shape index (κ1) is 17.2. The van der Waals surface area contributed by atoms with Crippen LogP contribution in [0.25, 0.3) is 0 Å². The third kappa shape index (κ3) is 9.83. The summed E-state index contributed by atoms with van der Waals surface area (Å²) in [7, 11) is 0. The number of hydrogen-bond acceptors (Lipinski definition) is 4. The van der Waals surface area contributed by atoms with E-state index in [2.05, 4.69) is 13.2 Å². The van der Waals surface area contributed by atoms with Gasteiger partial charge in [-0.3, -0.25) is 0 Å². The van der Waals surface area contributed by atoms with E-state index in [1.165, 1.54) is 6.92 Å². The molecule has 0 aliphatic heterocycles. The van der Waals surface area contributed by atoms with Gasteiger partial charge in [0.2, 0.25) is 0 Å². The zero-order chi connectivity index (χ0) is 14.8. The van der Waals surface area contributed by atoms with E-state index < -0.39 is 11.9 Å². The standard InChI is InChI=1S/C15H22O4/c1-11(2)6-8-18-14(16)10-13(5)15(17)19-9-7-12(3)4/h10H,1,3,6-9H2,2,4-5H3/b13-10-. The maximum Gasteiger partial charge on any atom is 0.333 e. The summed E-state index contributed by atoms with van der Waals surface area (Å²) in [5.74, 6) is -1.06. The van der Waals surface area contributed by atoms with Crippen molar-refractivity contribution in [2.45, 2.75) is 33.6 Å². The van der Waals surface area contributed by atoms with Crippen molar-refractivity contribution < 1.29 is 19.1 Å². The van der Waals surface area contributed by atoms with Gasteiger partial charge in [0.15, 0.2) is 0 Å². The quantitative estimate of drug-likeness (QED) is 0.385. The predicted octanol–water partition coefficient (Wildman–Crippen LogP) is 2.95. The Morgan fingerprint density at radius 1 is 0.947 bits per heavy atom. The van der Waals surface area contributed by atoms with Crippen molar-refractivity contribution in [3.63, 3.8) is 0 Å². The molecule has 4 nitrogen and oxygen atoms in total. The van der Waals surface area contributed by atoms with Gasteiger partial charge in [0.05, 0.1) is 13.2 Å². The normalized spacial score (nSPS) is 10.8. The summed E-state index contributed by atoms with van der Waals surface area (Å²) in [4.78, 5) is 22.9. The Morgan fingerprint density at radius 3 is 1.89 bits per heavy atom. The molecule has 0 aromatic rings.